The molecule has 1 aliphatic rings. The maximum Gasteiger partial charge on any atom is 0.411 e. The Kier molecular flexibility index (Phi) is 7.55. The summed E-state index contributed by atoms with van der Waals surface area (Å²) < 4.78 is 11.0. The number of hydrogen-bond acceptors (Lipinski definition) is 5. The van der Waals surface area contributed by atoms with E-state index >= 15 is 0 Å². The molecular formula is C24H29N3O6. The molecule has 0 aromatic heterocycles. The van der Waals surface area contributed by atoms with Gasteiger partial charge in [0.1, 0.15) is 11.6 Å². The number of para-hydroxylation sites is 2. The number of fused-ring (bicyclic) bond motifs is 1. The SMILES string of the molecule is CC(C)(C)OC(=O)N[C@H]1CN(C(=O)O)c2ccccc2N(CCOCc2ccccc2)C1=O. The molecule has 1 heterocycles. The highest BCUT2D eigenvalue weighted by molar-refractivity contribution is 6.06. The third-order valence-electron chi connectivity index (χ3n) is 4.89. The number of nitrogens with one attached hydrogen (secondary N) is 1. The molecule has 0 unspecified atom stereocenters. The smallest absolute Gasteiger partial charge is 0.411 e. The lowest BCUT2D eigenvalue weighted by atomic mass is 10.2. The van der Waals surface area contributed by atoms with Gasteiger partial charge < -0.3 is 24.8 Å². The van der Waals surface area contributed by atoms with Gasteiger partial charge in [-0.25, -0.2) is 9.59 Å². The molecule has 33 heavy (non-hydrogen) atoms. The second-order valence-corrected chi connectivity index (χ2v) is 8.61. The van der Waals surface area contributed by atoms with E-state index in [1.807, 2.05) is 30.3 Å². The van der Waals surface area contributed by atoms with Crippen molar-refractivity contribution in [2.75, 3.05) is 29.5 Å². The fourth-order valence-corrected chi connectivity index (χ4v) is 3.48. The Morgan fingerprint density at radius 2 is 1.70 bits per heavy atom. The first kappa shape index (κ1) is 24.1. The molecule has 0 radical (unpaired) electrons. The summed E-state index contributed by atoms with van der Waals surface area (Å²) in [5, 5.41) is 12.3. The van der Waals surface area contributed by atoms with Crippen molar-refractivity contribution in [3.05, 3.63) is 60.2 Å². The van der Waals surface area contributed by atoms with Crippen molar-refractivity contribution in [2.24, 2.45) is 0 Å². The Bertz CT molecular complexity index is 989. The van der Waals surface area contributed by atoms with Crippen molar-refractivity contribution in [1.82, 2.24) is 5.32 Å². The standard InChI is InChI=1S/C24H29N3O6/c1-24(2,3)33-22(29)25-18-15-27(23(30)31)20-12-8-7-11-19(20)26(21(18)28)13-14-32-16-17-9-5-4-6-10-17/h4-12,18H,13-16H2,1-3H3,(H,25,29)(H,30,31)/t18-/m0/s1. The fourth-order valence-electron chi connectivity index (χ4n) is 3.48. The van der Waals surface area contributed by atoms with E-state index in [1.54, 1.807) is 45.0 Å². The minimum atomic E-state index is -1.23. The number of alkyl carbamates (subject to hydrolysis) is 1. The lowest BCUT2D eigenvalue weighted by Crippen LogP contribution is -2.54. The van der Waals surface area contributed by atoms with Crippen molar-refractivity contribution in [2.45, 2.75) is 39.0 Å². The first-order valence-electron chi connectivity index (χ1n) is 10.7. The fraction of sp³-hybridized carbons (Fsp3) is 0.375. The number of rotatable bonds is 6. The largest absolute Gasteiger partial charge is 0.465 e. The van der Waals surface area contributed by atoms with Gasteiger partial charge in [-0.3, -0.25) is 9.69 Å². The Balaban J connectivity index is 1.81. The molecule has 176 valence electrons. The van der Waals surface area contributed by atoms with Crippen LogP contribution in [0, 0.1) is 0 Å². The van der Waals surface area contributed by atoms with Crippen LogP contribution in [0.5, 0.6) is 0 Å². The molecule has 9 heteroatoms. The number of carbonyl (C=O) groups excluding carboxylic acids is 2. The second-order valence-electron chi connectivity index (χ2n) is 8.61. The van der Waals surface area contributed by atoms with E-state index in [0.717, 1.165) is 10.5 Å². The molecule has 9 nitrogen and oxygen atoms in total. The summed E-state index contributed by atoms with van der Waals surface area (Å²) in [4.78, 5) is 40.3. The second kappa shape index (κ2) is 10.4. The van der Waals surface area contributed by atoms with Crippen molar-refractivity contribution >= 4 is 29.5 Å². The average Bonchev–Trinajstić information content (AvgIpc) is 2.86. The van der Waals surface area contributed by atoms with Gasteiger partial charge >= 0.3 is 12.2 Å². The molecule has 2 N–H and O–H groups in total. The summed E-state index contributed by atoms with van der Waals surface area (Å²) in [5.41, 5.74) is 1.02. The van der Waals surface area contributed by atoms with E-state index in [4.69, 9.17) is 9.47 Å². The molecule has 0 fully saturated rings. The number of carbonyl (C=O) groups is 3. The molecule has 2 aromatic rings. The lowest BCUT2D eigenvalue weighted by Gasteiger charge is -2.26. The molecule has 2 aromatic carbocycles. The summed E-state index contributed by atoms with van der Waals surface area (Å²) in [6, 6.07) is 15.2. The average molecular weight is 456 g/mol. The summed E-state index contributed by atoms with van der Waals surface area (Å²) >= 11 is 0. The summed E-state index contributed by atoms with van der Waals surface area (Å²) in [6.45, 7) is 5.66. The third kappa shape index (κ3) is 6.45. The van der Waals surface area contributed by atoms with Gasteiger partial charge in [0.25, 0.3) is 5.91 Å². The maximum absolute atomic E-state index is 13.4. The van der Waals surface area contributed by atoms with Gasteiger partial charge in [0.05, 0.1) is 31.1 Å². The summed E-state index contributed by atoms with van der Waals surface area (Å²) in [5.74, 6) is -0.444. The van der Waals surface area contributed by atoms with E-state index in [0.29, 0.717) is 18.0 Å². The number of ether oxygens (including phenoxy) is 2. The Labute approximate surface area is 192 Å². The molecular weight excluding hydrogens is 426 g/mol. The highest BCUT2D eigenvalue weighted by Gasteiger charge is 2.37. The van der Waals surface area contributed by atoms with Crippen LogP contribution in [0.15, 0.2) is 54.6 Å². The third-order valence-corrected chi connectivity index (χ3v) is 4.89. The maximum atomic E-state index is 13.4. The Morgan fingerprint density at radius 3 is 2.33 bits per heavy atom. The highest BCUT2D eigenvalue weighted by Crippen LogP contribution is 2.32. The van der Waals surface area contributed by atoms with E-state index < -0.39 is 29.7 Å². The molecule has 1 aliphatic heterocycles. The zero-order valence-corrected chi connectivity index (χ0v) is 19.0. The highest BCUT2D eigenvalue weighted by atomic mass is 16.6. The predicted molar refractivity (Wildman–Crippen MR) is 123 cm³/mol. The molecule has 0 bridgehead atoms. The number of carboxylic acid groups (broad SMARTS) is 1. The topological polar surface area (TPSA) is 108 Å². The van der Waals surface area contributed by atoms with Gasteiger partial charge in [-0.1, -0.05) is 42.5 Å². The van der Waals surface area contributed by atoms with E-state index in [1.165, 1.54) is 4.90 Å². The quantitative estimate of drug-likeness (QED) is 0.644. The first-order chi connectivity index (χ1) is 15.7. The number of anilines is 2. The van der Waals surface area contributed by atoms with E-state index in [9.17, 15) is 19.5 Å². The van der Waals surface area contributed by atoms with E-state index in [2.05, 4.69) is 5.32 Å². The van der Waals surface area contributed by atoms with Crippen molar-refractivity contribution < 1.29 is 29.0 Å². The summed E-state index contributed by atoms with van der Waals surface area (Å²) in [6.07, 6.45) is -2.02. The Hall–Kier alpha value is -3.59. The number of nitrogens with zero attached hydrogens (tertiary/aromatic N) is 2. The zero-order valence-electron chi connectivity index (χ0n) is 19.0. The molecule has 0 saturated heterocycles. The lowest BCUT2D eigenvalue weighted by molar-refractivity contribution is -0.120. The van der Waals surface area contributed by atoms with Crippen molar-refractivity contribution in [3.63, 3.8) is 0 Å². The normalized spacial score (nSPS) is 16.1. The molecule has 0 spiro atoms. The van der Waals surface area contributed by atoms with Crippen LogP contribution < -0.4 is 15.1 Å². The van der Waals surface area contributed by atoms with Crippen LogP contribution in [-0.4, -0.2) is 54.5 Å². The van der Waals surface area contributed by atoms with Crippen LogP contribution in [0.25, 0.3) is 0 Å². The molecule has 0 saturated carbocycles. The number of hydrogen-bond donors (Lipinski definition) is 2. The van der Waals surface area contributed by atoms with Crippen LogP contribution >= 0.6 is 0 Å². The van der Waals surface area contributed by atoms with Gasteiger partial charge in [0, 0.05) is 6.54 Å². The number of amides is 3. The molecule has 3 rings (SSSR count). The van der Waals surface area contributed by atoms with E-state index in [-0.39, 0.29) is 19.7 Å². The molecule has 3 amide bonds. The zero-order chi connectivity index (χ0) is 24.0. The number of benzene rings is 2. The predicted octanol–water partition coefficient (Wildman–Crippen LogP) is 3.63. The van der Waals surface area contributed by atoms with Crippen LogP contribution in [-0.2, 0) is 20.9 Å². The minimum Gasteiger partial charge on any atom is -0.465 e. The van der Waals surface area contributed by atoms with Crippen LogP contribution in [0.4, 0.5) is 21.0 Å². The van der Waals surface area contributed by atoms with Crippen molar-refractivity contribution in [1.29, 1.82) is 0 Å². The van der Waals surface area contributed by atoms with Gasteiger partial charge in [-0.15, -0.1) is 0 Å². The minimum absolute atomic E-state index is 0.183. The van der Waals surface area contributed by atoms with Crippen molar-refractivity contribution in [3.8, 4) is 0 Å². The van der Waals surface area contributed by atoms with Crippen LogP contribution in [0.3, 0.4) is 0 Å². The Morgan fingerprint density at radius 1 is 1.06 bits per heavy atom. The molecule has 0 aliphatic carbocycles. The molecule has 1 atom stereocenters. The van der Waals surface area contributed by atoms with Gasteiger partial charge in [0.15, 0.2) is 0 Å². The first-order valence-corrected chi connectivity index (χ1v) is 10.7. The van der Waals surface area contributed by atoms with Gasteiger partial charge in [-0.05, 0) is 38.5 Å². The van der Waals surface area contributed by atoms with Crippen LogP contribution in [0.2, 0.25) is 0 Å². The monoisotopic (exact) mass is 455 g/mol. The van der Waals surface area contributed by atoms with Gasteiger partial charge in [0.2, 0.25) is 0 Å². The summed E-state index contributed by atoms with van der Waals surface area (Å²) in [7, 11) is 0. The van der Waals surface area contributed by atoms with Gasteiger partial charge in [-0.2, -0.15) is 0 Å². The van der Waals surface area contributed by atoms with Crippen LogP contribution in [0.1, 0.15) is 26.3 Å².